The van der Waals surface area contributed by atoms with Crippen molar-refractivity contribution in [2.45, 2.75) is 18.4 Å². The van der Waals surface area contributed by atoms with E-state index in [9.17, 15) is 9.59 Å². The van der Waals surface area contributed by atoms with Crippen LogP contribution in [-0.2, 0) is 10.3 Å². The number of piperidine rings is 1. The van der Waals surface area contributed by atoms with Gasteiger partial charge in [-0.25, -0.2) is 4.98 Å². The number of carbonyl (C=O) groups is 2. The summed E-state index contributed by atoms with van der Waals surface area (Å²) < 4.78 is 1.74. The SMILES string of the molecule is O=C(NCCNC(=O)C1(n2cccn2)CCNCC1)c1cnccn1. The van der Waals surface area contributed by atoms with Crippen molar-refractivity contribution >= 4 is 11.8 Å². The quantitative estimate of drug-likeness (QED) is 0.598. The zero-order valence-electron chi connectivity index (χ0n) is 13.8. The highest BCUT2D eigenvalue weighted by Crippen LogP contribution is 2.26. The Morgan fingerprint density at radius 2 is 1.96 bits per heavy atom. The summed E-state index contributed by atoms with van der Waals surface area (Å²) in [5.41, 5.74) is -0.427. The van der Waals surface area contributed by atoms with Gasteiger partial charge in [-0.05, 0) is 32.0 Å². The summed E-state index contributed by atoms with van der Waals surface area (Å²) in [6, 6.07) is 1.82. The van der Waals surface area contributed by atoms with Crippen LogP contribution in [0.4, 0.5) is 0 Å². The van der Waals surface area contributed by atoms with Gasteiger partial charge >= 0.3 is 0 Å². The van der Waals surface area contributed by atoms with Crippen LogP contribution in [0.1, 0.15) is 23.3 Å². The molecule has 3 heterocycles. The summed E-state index contributed by atoms with van der Waals surface area (Å²) in [7, 11) is 0. The highest BCUT2D eigenvalue weighted by atomic mass is 16.2. The molecule has 2 amide bonds. The normalized spacial score (nSPS) is 16.2. The van der Waals surface area contributed by atoms with E-state index in [-0.39, 0.29) is 17.5 Å². The van der Waals surface area contributed by atoms with E-state index in [1.165, 1.54) is 18.6 Å². The molecule has 9 nitrogen and oxygen atoms in total. The number of hydrogen-bond donors (Lipinski definition) is 3. The van der Waals surface area contributed by atoms with Crippen molar-refractivity contribution in [1.82, 2.24) is 35.7 Å². The van der Waals surface area contributed by atoms with Crippen LogP contribution in [0.5, 0.6) is 0 Å². The second-order valence-electron chi connectivity index (χ2n) is 5.83. The molecular formula is C16H21N7O2. The highest BCUT2D eigenvalue weighted by molar-refractivity contribution is 5.91. The lowest BCUT2D eigenvalue weighted by atomic mass is 9.87. The molecule has 1 aliphatic rings. The number of carbonyl (C=O) groups excluding carboxylic acids is 2. The molecule has 2 aromatic rings. The molecule has 25 heavy (non-hydrogen) atoms. The fraction of sp³-hybridized carbons (Fsp3) is 0.438. The molecule has 1 aliphatic heterocycles. The molecule has 0 radical (unpaired) electrons. The van der Waals surface area contributed by atoms with Crippen LogP contribution in [0.15, 0.2) is 37.1 Å². The van der Waals surface area contributed by atoms with E-state index in [1.807, 2.05) is 12.3 Å². The van der Waals surface area contributed by atoms with Crippen LogP contribution in [0.2, 0.25) is 0 Å². The first-order valence-electron chi connectivity index (χ1n) is 8.26. The molecule has 0 unspecified atom stereocenters. The Balaban J connectivity index is 1.53. The summed E-state index contributed by atoms with van der Waals surface area (Å²) in [5, 5.41) is 13.2. The van der Waals surface area contributed by atoms with Gasteiger partial charge in [0.15, 0.2) is 0 Å². The first kappa shape index (κ1) is 17.0. The number of nitrogens with zero attached hydrogens (tertiary/aromatic N) is 4. The fourth-order valence-corrected chi connectivity index (χ4v) is 2.95. The Hall–Kier alpha value is -2.81. The summed E-state index contributed by atoms with van der Waals surface area (Å²) in [6.07, 6.45) is 9.21. The zero-order valence-corrected chi connectivity index (χ0v) is 13.8. The molecule has 132 valence electrons. The number of aromatic nitrogens is 4. The summed E-state index contributed by atoms with van der Waals surface area (Å²) in [4.78, 5) is 32.5. The third-order valence-corrected chi connectivity index (χ3v) is 4.29. The van der Waals surface area contributed by atoms with Crippen LogP contribution in [0.25, 0.3) is 0 Å². The first-order valence-corrected chi connectivity index (χ1v) is 8.26. The van der Waals surface area contributed by atoms with Crippen LogP contribution >= 0.6 is 0 Å². The molecule has 9 heteroatoms. The maximum Gasteiger partial charge on any atom is 0.271 e. The topological polar surface area (TPSA) is 114 Å². The van der Waals surface area contributed by atoms with Crippen molar-refractivity contribution in [3.8, 4) is 0 Å². The van der Waals surface area contributed by atoms with Gasteiger partial charge in [-0.15, -0.1) is 0 Å². The Morgan fingerprint density at radius 3 is 2.64 bits per heavy atom. The molecule has 1 saturated heterocycles. The van der Waals surface area contributed by atoms with Gasteiger partial charge in [0, 0.05) is 37.9 Å². The zero-order chi connectivity index (χ0) is 17.5. The first-order chi connectivity index (χ1) is 12.2. The average molecular weight is 343 g/mol. The Labute approximate surface area is 145 Å². The molecule has 0 bridgehead atoms. The minimum absolute atomic E-state index is 0.0774. The van der Waals surface area contributed by atoms with E-state index in [0.717, 1.165) is 13.1 Å². The van der Waals surface area contributed by atoms with E-state index in [1.54, 1.807) is 10.9 Å². The van der Waals surface area contributed by atoms with E-state index in [4.69, 9.17) is 0 Å². The largest absolute Gasteiger partial charge is 0.352 e. The van der Waals surface area contributed by atoms with Gasteiger partial charge in [-0.1, -0.05) is 0 Å². The number of rotatable bonds is 6. The van der Waals surface area contributed by atoms with Crippen molar-refractivity contribution in [3.05, 3.63) is 42.7 Å². The Bertz CT molecular complexity index is 697. The molecule has 3 rings (SSSR count). The average Bonchev–Trinajstić information content (AvgIpc) is 3.21. The molecule has 0 spiro atoms. The summed E-state index contributed by atoms with van der Waals surface area (Å²) in [6.45, 7) is 2.17. The lowest BCUT2D eigenvalue weighted by molar-refractivity contribution is -0.131. The number of amides is 2. The van der Waals surface area contributed by atoms with Crippen molar-refractivity contribution in [3.63, 3.8) is 0 Å². The van der Waals surface area contributed by atoms with Crippen LogP contribution in [0, 0.1) is 0 Å². The molecule has 1 fully saturated rings. The van der Waals surface area contributed by atoms with Gasteiger partial charge in [-0.3, -0.25) is 19.3 Å². The minimum atomic E-state index is -0.677. The second-order valence-corrected chi connectivity index (χ2v) is 5.83. The van der Waals surface area contributed by atoms with E-state index >= 15 is 0 Å². The molecule has 0 saturated carbocycles. The van der Waals surface area contributed by atoms with Gasteiger partial charge in [0.1, 0.15) is 11.2 Å². The predicted octanol–water partition coefficient (Wildman–Crippen LogP) is -0.702. The van der Waals surface area contributed by atoms with Gasteiger partial charge in [-0.2, -0.15) is 5.10 Å². The lowest BCUT2D eigenvalue weighted by Gasteiger charge is -2.36. The third kappa shape index (κ3) is 3.82. The van der Waals surface area contributed by atoms with Gasteiger partial charge in [0.25, 0.3) is 5.91 Å². The van der Waals surface area contributed by atoms with Crippen molar-refractivity contribution in [1.29, 1.82) is 0 Å². The molecule has 0 aromatic carbocycles. The maximum atomic E-state index is 12.8. The lowest BCUT2D eigenvalue weighted by Crippen LogP contribution is -2.55. The van der Waals surface area contributed by atoms with Gasteiger partial charge in [0.2, 0.25) is 5.91 Å². The summed E-state index contributed by atoms with van der Waals surface area (Å²) in [5.74, 6) is -0.391. The fourth-order valence-electron chi connectivity index (χ4n) is 2.95. The van der Waals surface area contributed by atoms with Crippen LogP contribution < -0.4 is 16.0 Å². The van der Waals surface area contributed by atoms with Crippen LogP contribution in [-0.4, -0.2) is 57.7 Å². The maximum absolute atomic E-state index is 12.8. The Kier molecular flexibility index (Phi) is 5.34. The number of nitrogens with one attached hydrogen (secondary N) is 3. The standard InChI is InChI=1S/C16H21N7O2/c24-14(13-12-18-7-8-19-13)20-9-10-21-15(25)16(2-5-17-6-3-16)23-11-1-4-22-23/h1,4,7-8,11-12,17H,2-3,5-6,9-10H2,(H,20,24)(H,21,25). The molecule has 0 aliphatic carbocycles. The molecular weight excluding hydrogens is 322 g/mol. The Morgan fingerprint density at radius 1 is 1.16 bits per heavy atom. The van der Waals surface area contributed by atoms with Gasteiger partial charge in [0.05, 0.1) is 6.20 Å². The van der Waals surface area contributed by atoms with Gasteiger partial charge < -0.3 is 16.0 Å². The highest BCUT2D eigenvalue weighted by Gasteiger charge is 2.41. The molecule has 2 aromatic heterocycles. The van der Waals surface area contributed by atoms with Crippen molar-refractivity contribution in [2.75, 3.05) is 26.2 Å². The predicted molar refractivity (Wildman–Crippen MR) is 89.7 cm³/mol. The van der Waals surface area contributed by atoms with Crippen LogP contribution in [0.3, 0.4) is 0 Å². The second kappa shape index (κ2) is 7.84. The van der Waals surface area contributed by atoms with E-state index in [0.29, 0.717) is 25.9 Å². The molecule has 0 atom stereocenters. The van der Waals surface area contributed by atoms with E-state index in [2.05, 4.69) is 31.0 Å². The number of hydrogen-bond acceptors (Lipinski definition) is 6. The van der Waals surface area contributed by atoms with Crippen molar-refractivity contribution < 1.29 is 9.59 Å². The third-order valence-electron chi connectivity index (χ3n) is 4.29. The summed E-state index contributed by atoms with van der Waals surface area (Å²) >= 11 is 0. The van der Waals surface area contributed by atoms with E-state index < -0.39 is 5.54 Å². The van der Waals surface area contributed by atoms with Crippen molar-refractivity contribution in [2.24, 2.45) is 0 Å². The monoisotopic (exact) mass is 343 g/mol. The molecule has 3 N–H and O–H groups in total. The minimum Gasteiger partial charge on any atom is -0.352 e. The smallest absolute Gasteiger partial charge is 0.271 e.